The first kappa shape index (κ1) is 13.9. The summed E-state index contributed by atoms with van der Waals surface area (Å²) in [5, 5.41) is 2.85. The number of amides is 3. The van der Waals surface area contributed by atoms with Gasteiger partial charge in [-0.15, -0.1) is 0 Å². The number of nitrogens with zero attached hydrogens (tertiary/aromatic N) is 1. The molecule has 2 heterocycles. The molecule has 0 aliphatic carbocycles. The lowest BCUT2D eigenvalue weighted by molar-refractivity contribution is -0.134. The van der Waals surface area contributed by atoms with Gasteiger partial charge in [0.2, 0.25) is 0 Å². The van der Waals surface area contributed by atoms with E-state index < -0.39 is 5.54 Å². The van der Waals surface area contributed by atoms with Crippen molar-refractivity contribution in [3.05, 3.63) is 29.8 Å². The van der Waals surface area contributed by atoms with Gasteiger partial charge in [-0.1, -0.05) is 18.2 Å². The van der Waals surface area contributed by atoms with Crippen molar-refractivity contribution in [1.29, 1.82) is 0 Å². The Kier molecular flexibility index (Phi) is 3.55. The zero-order valence-electron chi connectivity index (χ0n) is 11.8. The van der Waals surface area contributed by atoms with Crippen LogP contribution in [0.2, 0.25) is 0 Å². The Bertz CT molecular complexity index is 567. The number of urea groups is 1. The van der Waals surface area contributed by atoms with Crippen LogP contribution in [0.5, 0.6) is 0 Å². The van der Waals surface area contributed by atoms with E-state index in [4.69, 9.17) is 10.5 Å². The van der Waals surface area contributed by atoms with E-state index in [1.165, 1.54) is 4.90 Å². The van der Waals surface area contributed by atoms with E-state index in [-0.39, 0.29) is 11.9 Å². The molecule has 0 radical (unpaired) electrons. The van der Waals surface area contributed by atoms with Crippen LogP contribution in [-0.4, -0.2) is 42.1 Å². The summed E-state index contributed by atoms with van der Waals surface area (Å²) in [7, 11) is 0. The number of para-hydroxylation sites is 1. The predicted octanol–water partition coefficient (Wildman–Crippen LogP) is 0.912. The quantitative estimate of drug-likeness (QED) is 0.640. The number of hydrogen-bond acceptors (Lipinski definition) is 4. The first-order chi connectivity index (χ1) is 10.1. The number of nitrogens with one attached hydrogen (secondary N) is 1. The highest BCUT2D eigenvalue weighted by Crippen LogP contribution is 2.28. The number of carbonyl (C=O) groups excluding carboxylic acids is 2. The summed E-state index contributed by atoms with van der Waals surface area (Å²) in [5.74, 6) is -0.134. The fourth-order valence-electron chi connectivity index (χ4n) is 2.93. The Morgan fingerprint density at radius 3 is 2.67 bits per heavy atom. The molecule has 1 spiro atoms. The van der Waals surface area contributed by atoms with Crippen LogP contribution in [0, 0.1) is 0 Å². The SMILES string of the molecule is Nc1ccccc1CCN1C(=O)NC2(CCOCC2)C1=O. The van der Waals surface area contributed by atoms with Gasteiger partial charge >= 0.3 is 6.03 Å². The number of ether oxygens (including phenoxy) is 1. The lowest BCUT2D eigenvalue weighted by atomic mass is 9.90. The molecule has 3 N–H and O–H groups in total. The van der Waals surface area contributed by atoms with Gasteiger partial charge in [0.25, 0.3) is 5.91 Å². The number of nitrogens with two attached hydrogens (primary N) is 1. The summed E-state index contributed by atoms with van der Waals surface area (Å²) >= 11 is 0. The zero-order valence-corrected chi connectivity index (χ0v) is 11.8. The van der Waals surface area contributed by atoms with Crippen LogP contribution in [-0.2, 0) is 16.0 Å². The Labute approximate surface area is 123 Å². The molecule has 6 nitrogen and oxygen atoms in total. The van der Waals surface area contributed by atoms with Gasteiger partial charge in [-0.05, 0) is 18.1 Å². The molecular formula is C15H19N3O3. The summed E-state index contributed by atoms with van der Waals surface area (Å²) in [6.07, 6.45) is 1.65. The van der Waals surface area contributed by atoms with Crippen molar-refractivity contribution < 1.29 is 14.3 Å². The van der Waals surface area contributed by atoms with Crippen molar-refractivity contribution in [3.63, 3.8) is 0 Å². The van der Waals surface area contributed by atoms with Crippen molar-refractivity contribution >= 4 is 17.6 Å². The third kappa shape index (κ3) is 2.47. The minimum Gasteiger partial charge on any atom is -0.399 e. The van der Waals surface area contributed by atoms with Gasteiger partial charge in [0.15, 0.2) is 0 Å². The maximum Gasteiger partial charge on any atom is 0.325 e. The molecule has 1 aromatic rings. The molecule has 0 atom stereocenters. The standard InChI is InChI=1S/C15H19N3O3/c16-12-4-2-1-3-11(12)5-8-18-13(19)15(17-14(18)20)6-9-21-10-7-15/h1-4H,5-10,16H2,(H,17,20). The third-order valence-electron chi connectivity index (χ3n) is 4.25. The number of anilines is 1. The molecule has 21 heavy (non-hydrogen) atoms. The van der Waals surface area contributed by atoms with Gasteiger partial charge in [-0.2, -0.15) is 0 Å². The Balaban J connectivity index is 1.70. The average molecular weight is 289 g/mol. The molecule has 0 bridgehead atoms. The Hall–Kier alpha value is -2.08. The molecular weight excluding hydrogens is 270 g/mol. The highest BCUT2D eigenvalue weighted by Gasteiger charge is 2.51. The van der Waals surface area contributed by atoms with Crippen LogP contribution < -0.4 is 11.1 Å². The topological polar surface area (TPSA) is 84.7 Å². The molecule has 2 aliphatic rings. The molecule has 0 saturated carbocycles. The van der Waals surface area contributed by atoms with E-state index in [2.05, 4.69) is 5.32 Å². The minimum absolute atomic E-state index is 0.134. The molecule has 3 amide bonds. The van der Waals surface area contributed by atoms with Gasteiger partial charge in [-0.25, -0.2) is 4.79 Å². The molecule has 0 aromatic heterocycles. The van der Waals surface area contributed by atoms with Crippen LogP contribution in [0.4, 0.5) is 10.5 Å². The second-order valence-corrected chi connectivity index (χ2v) is 5.53. The highest BCUT2D eigenvalue weighted by atomic mass is 16.5. The van der Waals surface area contributed by atoms with Crippen molar-refractivity contribution in [1.82, 2.24) is 10.2 Å². The van der Waals surface area contributed by atoms with Gasteiger partial charge < -0.3 is 15.8 Å². The van der Waals surface area contributed by atoms with Crippen LogP contribution in [0.3, 0.4) is 0 Å². The molecule has 2 aliphatic heterocycles. The van der Waals surface area contributed by atoms with Crippen molar-refractivity contribution in [3.8, 4) is 0 Å². The summed E-state index contributed by atoms with van der Waals surface area (Å²) in [4.78, 5) is 25.9. The first-order valence-electron chi connectivity index (χ1n) is 7.18. The van der Waals surface area contributed by atoms with E-state index in [1.54, 1.807) is 0 Å². The monoisotopic (exact) mass is 289 g/mol. The maximum absolute atomic E-state index is 12.6. The summed E-state index contributed by atoms with van der Waals surface area (Å²) in [6, 6.07) is 7.19. The van der Waals surface area contributed by atoms with Crippen molar-refractivity contribution in [2.75, 3.05) is 25.5 Å². The van der Waals surface area contributed by atoms with Crippen LogP contribution >= 0.6 is 0 Å². The van der Waals surface area contributed by atoms with Crippen molar-refractivity contribution in [2.24, 2.45) is 0 Å². The van der Waals surface area contributed by atoms with Gasteiger partial charge in [0.05, 0.1) is 0 Å². The lowest BCUT2D eigenvalue weighted by Crippen LogP contribution is -2.51. The van der Waals surface area contributed by atoms with Crippen molar-refractivity contribution in [2.45, 2.75) is 24.8 Å². The first-order valence-corrected chi connectivity index (χ1v) is 7.18. The normalized spacial score (nSPS) is 20.9. The number of benzene rings is 1. The molecule has 1 aromatic carbocycles. The molecule has 2 saturated heterocycles. The largest absolute Gasteiger partial charge is 0.399 e. The summed E-state index contributed by atoms with van der Waals surface area (Å²) < 4.78 is 5.28. The maximum atomic E-state index is 12.6. The number of carbonyl (C=O) groups is 2. The number of hydrogen-bond donors (Lipinski definition) is 2. The van der Waals surface area contributed by atoms with Crippen LogP contribution in [0.1, 0.15) is 18.4 Å². The molecule has 112 valence electrons. The second-order valence-electron chi connectivity index (χ2n) is 5.53. The van der Waals surface area contributed by atoms with Crippen LogP contribution in [0.15, 0.2) is 24.3 Å². The number of rotatable bonds is 3. The van der Waals surface area contributed by atoms with Gasteiger partial charge in [0.1, 0.15) is 5.54 Å². The fraction of sp³-hybridized carbons (Fsp3) is 0.467. The van der Waals surface area contributed by atoms with Gasteiger partial charge in [-0.3, -0.25) is 9.69 Å². The Morgan fingerprint density at radius 2 is 1.95 bits per heavy atom. The fourth-order valence-corrected chi connectivity index (χ4v) is 2.93. The highest BCUT2D eigenvalue weighted by molar-refractivity contribution is 6.07. The lowest BCUT2D eigenvalue weighted by Gasteiger charge is -2.30. The van der Waals surface area contributed by atoms with E-state index >= 15 is 0 Å². The Morgan fingerprint density at radius 1 is 1.24 bits per heavy atom. The van der Waals surface area contributed by atoms with Crippen LogP contribution in [0.25, 0.3) is 0 Å². The second kappa shape index (κ2) is 5.37. The van der Waals surface area contributed by atoms with E-state index in [9.17, 15) is 9.59 Å². The summed E-state index contributed by atoms with van der Waals surface area (Å²) in [6.45, 7) is 1.36. The third-order valence-corrected chi connectivity index (χ3v) is 4.25. The molecule has 2 fully saturated rings. The molecule has 0 unspecified atom stereocenters. The zero-order chi connectivity index (χ0) is 14.9. The molecule has 3 rings (SSSR count). The average Bonchev–Trinajstić information content (AvgIpc) is 2.70. The minimum atomic E-state index is -0.752. The van der Waals surface area contributed by atoms with E-state index in [1.807, 2.05) is 24.3 Å². The smallest absolute Gasteiger partial charge is 0.325 e. The van der Waals surface area contributed by atoms with E-state index in [0.29, 0.717) is 44.7 Å². The number of imide groups is 1. The van der Waals surface area contributed by atoms with E-state index in [0.717, 1.165) is 5.56 Å². The molecule has 6 heteroatoms. The predicted molar refractivity (Wildman–Crippen MR) is 77.6 cm³/mol. The van der Waals surface area contributed by atoms with Gasteiger partial charge in [0, 0.05) is 38.3 Å². The number of nitrogen functional groups attached to an aromatic ring is 1. The summed E-state index contributed by atoms with van der Waals surface area (Å²) in [5.41, 5.74) is 6.77.